The topological polar surface area (TPSA) is 55.0 Å². The van der Waals surface area contributed by atoms with Crippen LogP contribution in [0, 0.1) is 11.7 Å². The highest BCUT2D eigenvalue weighted by molar-refractivity contribution is 5.73. The van der Waals surface area contributed by atoms with Gasteiger partial charge in [-0.15, -0.1) is 0 Å². The SMILES string of the molecule is CC(C)C1Oc2[nH]c(=O)ncc2-c2ccc(F)cc21. The third-order valence-electron chi connectivity index (χ3n) is 3.24. The lowest BCUT2D eigenvalue weighted by molar-refractivity contribution is 0.142. The van der Waals surface area contributed by atoms with Gasteiger partial charge in [-0.1, -0.05) is 19.9 Å². The molecule has 0 fully saturated rings. The van der Waals surface area contributed by atoms with E-state index in [2.05, 4.69) is 9.97 Å². The zero-order valence-corrected chi connectivity index (χ0v) is 10.6. The highest BCUT2D eigenvalue weighted by atomic mass is 19.1. The largest absolute Gasteiger partial charge is 0.470 e. The van der Waals surface area contributed by atoms with Crippen molar-refractivity contribution in [2.24, 2.45) is 5.92 Å². The Balaban J connectivity index is 2.27. The number of hydrogen-bond acceptors (Lipinski definition) is 3. The number of hydrogen-bond donors (Lipinski definition) is 1. The number of ether oxygens (including phenoxy) is 1. The van der Waals surface area contributed by atoms with E-state index in [0.717, 1.165) is 11.1 Å². The molecule has 1 N–H and O–H groups in total. The summed E-state index contributed by atoms with van der Waals surface area (Å²) < 4.78 is 19.2. The first kappa shape index (κ1) is 11.9. The molecule has 0 bridgehead atoms. The zero-order chi connectivity index (χ0) is 13.6. The summed E-state index contributed by atoms with van der Waals surface area (Å²) in [6.07, 6.45) is 1.18. The number of nitrogens with one attached hydrogen (secondary N) is 1. The maximum atomic E-state index is 13.4. The van der Waals surface area contributed by atoms with Crippen molar-refractivity contribution < 1.29 is 9.13 Å². The second-order valence-corrected chi connectivity index (χ2v) is 4.95. The highest BCUT2D eigenvalue weighted by Gasteiger charge is 2.29. The quantitative estimate of drug-likeness (QED) is 0.857. The lowest BCUT2D eigenvalue weighted by atomic mass is 9.90. The number of halogens is 1. The molecule has 19 heavy (non-hydrogen) atoms. The van der Waals surface area contributed by atoms with Crippen molar-refractivity contribution in [1.29, 1.82) is 0 Å². The van der Waals surface area contributed by atoms with E-state index in [-0.39, 0.29) is 17.8 Å². The molecule has 1 aliphatic heterocycles. The second-order valence-electron chi connectivity index (χ2n) is 4.95. The molecule has 1 aromatic heterocycles. The van der Waals surface area contributed by atoms with Gasteiger partial charge in [0.05, 0.1) is 5.56 Å². The van der Waals surface area contributed by atoms with Gasteiger partial charge in [-0.2, -0.15) is 0 Å². The van der Waals surface area contributed by atoms with Crippen LogP contribution in [0.1, 0.15) is 25.5 Å². The van der Waals surface area contributed by atoms with Crippen LogP contribution in [0.2, 0.25) is 0 Å². The number of benzene rings is 1. The minimum atomic E-state index is -0.452. The lowest BCUT2D eigenvalue weighted by Crippen LogP contribution is -2.23. The molecule has 5 heteroatoms. The Morgan fingerprint density at radius 2 is 2.16 bits per heavy atom. The number of fused-ring (bicyclic) bond motifs is 3. The van der Waals surface area contributed by atoms with E-state index in [1.165, 1.54) is 18.3 Å². The Hall–Kier alpha value is -2.17. The van der Waals surface area contributed by atoms with Crippen molar-refractivity contribution in [2.75, 3.05) is 0 Å². The van der Waals surface area contributed by atoms with Crippen LogP contribution in [0.3, 0.4) is 0 Å². The van der Waals surface area contributed by atoms with Crippen LogP contribution >= 0.6 is 0 Å². The summed E-state index contributed by atoms with van der Waals surface area (Å²) in [6, 6.07) is 4.58. The van der Waals surface area contributed by atoms with Crippen LogP contribution in [0.4, 0.5) is 4.39 Å². The molecule has 0 saturated carbocycles. The van der Waals surface area contributed by atoms with Crippen molar-refractivity contribution >= 4 is 0 Å². The Kier molecular flexibility index (Phi) is 2.62. The average Bonchev–Trinajstić information content (AvgIpc) is 2.37. The van der Waals surface area contributed by atoms with E-state index < -0.39 is 5.69 Å². The van der Waals surface area contributed by atoms with Gasteiger partial charge in [0, 0.05) is 11.8 Å². The Morgan fingerprint density at radius 1 is 1.37 bits per heavy atom. The van der Waals surface area contributed by atoms with Gasteiger partial charge in [0.1, 0.15) is 11.9 Å². The number of rotatable bonds is 1. The Labute approximate surface area is 109 Å². The van der Waals surface area contributed by atoms with E-state index in [1.807, 2.05) is 13.8 Å². The molecule has 1 aromatic carbocycles. The summed E-state index contributed by atoms with van der Waals surface area (Å²) in [7, 11) is 0. The zero-order valence-electron chi connectivity index (χ0n) is 10.6. The van der Waals surface area contributed by atoms with Crippen molar-refractivity contribution in [3.63, 3.8) is 0 Å². The molecule has 2 aromatic rings. The van der Waals surface area contributed by atoms with Gasteiger partial charge in [-0.3, -0.25) is 4.98 Å². The van der Waals surface area contributed by atoms with Gasteiger partial charge >= 0.3 is 5.69 Å². The molecule has 0 radical (unpaired) electrons. The molecule has 3 rings (SSSR count). The molecule has 4 nitrogen and oxygen atoms in total. The monoisotopic (exact) mass is 260 g/mol. The number of H-pyrrole nitrogens is 1. The van der Waals surface area contributed by atoms with Crippen molar-refractivity contribution in [1.82, 2.24) is 9.97 Å². The predicted molar refractivity (Wildman–Crippen MR) is 68.5 cm³/mol. The predicted octanol–water partition coefficient (Wildman–Crippen LogP) is 2.67. The highest BCUT2D eigenvalue weighted by Crippen LogP contribution is 2.42. The van der Waals surface area contributed by atoms with Crippen LogP contribution in [-0.4, -0.2) is 9.97 Å². The standard InChI is InChI=1S/C14H13FN2O2/c1-7(2)12-10-5-8(15)3-4-9(10)11-6-16-14(18)17-13(11)19-12/h3-7,12H,1-2H3,(H,16,17,18). The summed E-state index contributed by atoms with van der Waals surface area (Å²) in [5, 5.41) is 0. The fourth-order valence-electron chi connectivity index (χ4n) is 2.36. The summed E-state index contributed by atoms with van der Waals surface area (Å²) in [5.41, 5.74) is 1.87. The van der Waals surface area contributed by atoms with Gasteiger partial charge in [0.15, 0.2) is 0 Å². The number of nitrogens with zero attached hydrogens (tertiary/aromatic N) is 1. The van der Waals surface area contributed by atoms with Crippen LogP contribution in [0.25, 0.3) is 11.1 Å². The third kappa shape index (κ3) is 1.91. The van der Waals surface area contributed by atoms with Gasteiger partial charge in [-0.25, -0.2) is 14.2 Å². The number of aromatic amines is 1. The fourth-order valence-corrected chi connectivity index (χ4v) is 2.36. The third-order valence-corrected chi connectivity index (χ3v) is 3.24. The second kappa shape index (κ2) is 4.19. The molecule has 2 heterocycles. The Bertz CT molecular complexity index is 694. The molecule has 0 spiro atoms. The van der Waals surface area contributed by atoms with Gasteiger partial charge < -0.3 is 4.74 Å². The van der Waals surface area contributed by atoms with E-state index in [9.17, 15) is 9.18 Å². The van der Waals surface area contributed by atoms with Gasteiger partial charge in [0.25, 0.3) is 0 Å². The summed E-state index contributed by atoms with van der Waals surface area (Å²) in [4.78, 5) is 17.6. The molecule has 1 atom stereocenters. The van der Waals surface area contributed by atoms with Gasteiger partial charge in [0.2, 0.25) is 5.88 Å². The molecule has 98 valence electrons. The normalized spacial score (nSPS) is 16.7. The first-order valence-electron chi connectivity index (χ1n) is 6.12. The van der Waals surface area contributed by atoms with E-state index in [4.69, 9.17) is 4.74 Å². The first-order chi connectivity index (χ1) is 9.06. The summed E-state index contributed by atoms with van der Waals surface area (Å²) >= 11 is 0. The molecule has 0 saturated heterocycles. The van der Waals surface area contributed by atoms with Gasteiger partial charge in [-0.05, 0) is 23.6 Å². The number of aromatic nitrogens is 2. The van der Waals surface area contributed by atoms with Crippen LogP contribution in [-0.2, 0) is 0 Å². The maximum absolute atomic E-state index is 13.4. The maximum Gasteiger partial charge on any atom is 0.347 e. The molecular weight excluding hydrogens is 247 g/mol. The van der Waals surface area contributed by atoms with Crippen molar-refractivity contribution in [2.45, 2.75) is 20.0 Å². The molecular formula is C14H13FN2O2. The minimum absolute atomic E-state index is 0.158. The smallest absolute Gasteiger partial charge is 0.347 e. The van der Waals surface area contributed by atoms with Crippen LogP contribution < -0.4 is 10.4 Å². The average molecular weight is 260 g/mol. The molecule has 0 aliphatic carbocycles. The van der Waals surface area contributed by atoms with E-state index >= 15 is 0 Å². The molecule has 1 aliphatic rings. The Morgan fingerprint density at radius 3 is 2.89 bits per heavy atom. The first-order valence-corrected chi connectivity index (χ1v) is 6.12. The lowest BCUT2D eigenvalue weighted by Gasteiger charge is -2.30. The van der Waals surface area contributed by atoms with Crippen molar-refractivity contribution in [3.05, 3.63) is 46.3 Å². The fraction of sp³-hybridized carbons (Fsp3) is 0.286. The molecule has 1 unspecified atom stereocenters. The summed E-state index contributed by atoms with van der Waals surface area (Å²) in [5.74, 6) is 0.261. The minimum Gasteiger partial charge on any atom is -0.470 e. The van der Waals surface area contributed by atoms with Crippen molar-refractivity contribution in [3.8, 4) is 17.0 Å². The summed E-state index contributed by atoms with van der Waals surface area (Å²) in [6.45, 7) is 3.98. The molecule has 0 amide bonds. The van der Waals surface area contributed by atoms with Crippen LogP contribution in [0.15, 0.2) is 29.2 Å². The van der Waals surface area contributed by atoms with Crippen LogP contribution in [0.5, 0.6) is 5.88 Å². The van der Waals surface area contributed by atoms with E-state index in [1.54, 1.807) is 6.07 Å². The van der Waals surface area contributed by atoms with E-state index in [0.29, 0.717) is 11.4 Å².